The summed E-state index contributed by atoms with van der Waals surface area (Å²) in [6, 6.07) is -0.411. The fourth-order valence-corrected chi connectivity index (χ4v) is 2.58. The van der Waals surface area contributed by atoms with Crippen LogP contribution in [0.25, 0.3) is 0 Å². The highest BCUT2D eigenvalue weighted by Gasteiger charge is 2.34. The molecule has 20 heavy (non-hydrogen) atoms. The quantitative estimate of drug-likeness (QED) is 0.903. The lowest BCUT2D eigenvalue weighted by atomic mass is 10.1. The van der Waals surface area contributed by atoms with E-state index in [1.807, 2.05) is 6.92 Å². The van der Waals surface area contributed by atoms with Crippen molar-refractivity contribution < 1.29 is 14.0 Å². The fourth-order valence-electron chi connectivity index (χ4n) is 2.58. The molecule has 0 spiro atoms. The molecule has 3 rings (SSSR count). The molecule has 1 saturated heterocycles. The van der Waals surface area contributed by atoms with Crippen LogP contribution in [0.1, 0.15) is 54.9 Å². The SMILES string of the molecule is CC[C@H]1C(=O)NCCCN1C(=O)c1coc(C2CC2)n1. The third kappa shape index (κ3) is 2.42. The van der Waals surface area contributed by atoms with Gasteiger partial charge in [0, 0.05) is 19.0 Å². The number of nitrogens with one attached hydrogen (secondary N) is 1. The number of hydrogen-bond donors (Lipinski definition) is 1. The van der Waals surface area contributed by atoms with Gasteiger partial charge in [-0.2, -0.15) is 0 Å². The molecule has 0 radical (unpaired) electrons. The van der Waals surface area contributed by atoms with Crippen molar-refractivity contribution in [3.05, 3.63) is 17.8 Å². The number of carbonyl (C=O) groups is 2. The summed E-state index contributed by atoms with van der Waals surface area (Å²) >= 11 is 0. The first-order valence-corrected chi connectivity index (χ1v) is 7.24. The number of hydrogen-bond acceptors (Lipinski definition) is 4. The molecule has 6 nitrogen and oxygen atoms in total. The molecular weight excluding hydrogens is 258 g/mol. The number of nitrogens with zero attached hydrogens (tertiary/aromatic N) is 2. The maximum atomic E-state index is 12.5. The maximum Gasteiger partial charge on any atom is 0.276 e. The molecule has 108 valence electrons. The van der Waals surface area contributed by atoms with Crippen LogP contribution in [0.15, 0.2) is 10.7 Å². The Bertz CT molecular complexity index is 521. The Kier molecular flexibility index (Phi) is 3.46. The summed E-state index contributed by atoms with van der Waals surface area (Å²) in [5.41, 5.74) is 0.319. The van der Waals surface area contributed by atoms with Crippen molar-refractivity contribution in [3.8, 4) is 0 Å². The van der Waals surface area contributed by atoms with Crippen LogP contribution in [-0.4, -0.2) is 40.8 Å². The molecular formula is C14H19N3O3. The second kappa shape index (κ2) is 5.26. The molecule has 2 heterocycles. The zero-order valence-electron chi connectivity index (χ0n) is 11.6. The molecule has 1 aliphatic carbocycles. The van der Waals surface area contributed by atoms with Gasteiger partial charge >= 0.3 is 0 Å². The van der Waals surface area contributed by atoms with Crippen molar-refractivity contribution in [1.82, 2.24) is 15.2 Å². The zero-order chi connectivity index (χ0) is 14.1. The van der Waals surface area contributed by atoms with E-state index in [4.69, 9.17) is 4.42 Å². The summed E-state index contributed by atoms with van der Waals surface area (Å²) in [4.78, 5) is 30.4. The Hall–Kier alpha value is -1.85. The van der Waals surface area contributed by atoms with Gasteiger partial charge in [-0.15, -0.1) is 0 Å². The summed E-state index contributed by atoms with van der Waals surface area (Å²) in [7, 11) is 0. The van der Waals surface area contributed by atoms with Gasteiger partial charge in [0.05, 0.1) is 0 Å². The molecule has 0 unspecified atom stereocenters. The average molecular weight is 277 g/mol. The van der Waals surface area contributed by atoms with Crippen molar-refractivity contribution in [3.63, 3.8) is 0 Å². The van der Waals surface area contributed by atoms with Gasteiger partial charge < -0.3 is 14.6 Å². The van der Waals surface area contributed by atoms with Gasteiger partial charge in [-0.1, -0.05) is 6.92 Å². The minimum absolute atomic E-state index is 0.0794. The third-order valence-corrected chi connectivity index (χ3v) is 3.87. The summed E-state index contributed by atoms with van der Waals surface area (Å²) in [6.45, 7) is 3.10. The number of amides is 2. The first-order chi connectivity index (χ1) is 9.70. The van der Waals surface area contributed by atoms with Crippen molar-refractivity contribution in [2.24, 2.45) is 0 Å². The molecule has 2 fully saturated rings. The standard InChI is InChI=1S/C14H19N3O3/c1-2-11-12(18)15-6-3-7-17(11)14(19)10-8-20-13(16-10)9-4-5-9/h8-9,11H,2-7H2,1H3,(H,15,18)/t11-/m0/s1. The summed E-state index contributed by atoms with van der Waals surface area (Å²) < 4.78 is 5.37. The van der Waals surface area contributed by atoms with Crippen LogP contribution in [0.3, 0.4) is 0 Å². The van der Waals surface area contributed by atoms with E-state index >= 15 is 0 Å². The second-order valence-electron chi connectivity index (χ2n) is 5.41. The van der Waals surface area contributed by atoms with Crippen LogP contribution in [0, 0.1) is 0 Å². The number of aromatic nitrogens is 1. The number of oxazole rings is 1. The van der Waals surface area contributed by atoms with Crippen molar-refractivity contribution in [1.29, 1.82) is 0 Å². The summed E-state index contributed by atoms with van der Waals surface area (Å²) in [6.07, 6.45) is 4.95. The van der Waals surface area contributed by atoms with Crippen LogP contribution in [0.5, 0.6) is 0 Å². The molecule has 2 aliphatic rings. The van der Waals surface area contributed by atoms with Gasteiger partial charge in [-0.25, -0.2) is 4.98 Å². The molecule has 6 heteroatoms. The first-order valence-electron chi connectivity index (χ1n) is 7.24. The van der Waals surface area contributed by atoms with Gasteiger partial charge in [0.1, 0.15) is 12.3 Å². The van der Waals surface area contributed by atoms with Gasteiger partial charge in [0.25, 0.3) is 5.91 Å². The van der Waals surface area contributed by atoms with E-state index < -0.39 is 6.04 Å². The highest BCUT2D eigenvalue weighted by molar-refractivity contribution is 5.96. The predicted octanol–water partition coefficient (Wildman–Crippen LogP) is 1.29. The zero-order valence-corrected chi connectivity index (χ0v) is 11.6. The smallest absolute Gasteiger partial charge is 0.276 e. The summed E-state index contributed by atoms with van der Waals surface area (Å²) in [5, 5.41) is 2.84. The lowest BCUT2D eigenvalue weighted by Crippen LogP contribution is -2.46. The molecule has 2 amide bonds. The summed E-state index contributed by atoms with van der Waals surface area (Å²) in [5.74, 6) is 0.750. The van der Waals surface area contributed by atoms with E-state index in [1.165, 1.54) is 6.26 Å². The normalized spacial score (nSPS) is 23.4. The molecule has 1 atom stereocenters. The van der Waals surface area contributed by atoms with E-state index in [-0.39, 0.29) is 11.8 Å². The number of carbonyl (C=O) groups excluding carboxylic acids is 2. The van der Waals surface area contributed by atoms with Gasteiger partial charge in [0.15, 0.2) is 11.6 Å². The van der Waals surface area contributed by atoms with Crippen LogP contribution in [-0.2, 0) is 4.79 Å². The minimum Gasteiger partial charge on any atom is -0.448 e. The molecule has 1 N–H and O–H groups in total. The minimum atomic E-state index is -0.411. The van der Waals surface area contributed by atoms with E-state index in [0.29, 0.717) is 37.0 Å². The lowest BCUT2D eigenvalue weighted by molar-refractivity contribution is -0.124. The number of rotatable bonds is 3. The van der Waals surface area contributed by atoms with Crippen LogP contribution in [0.4, 0.5) is 0 Å². The molecule has 1 saturated carbocycles. The Morgan fingerprint density at radius 3 is 3.05 bits per heavy atom. The van der Waals surface area contributed by atoms with E-state index in [9.17, 15) is 9.59 Å². The Labute approximate surface area is 117 Å². The Balaban J connectivity index is 1.80. The molecule has 1 aliphatic heterocycles. The van der Waals surface area contributed by atoms with Crippen molar-refractivity contribution in [2.45, 2.75) is 44.6 Å². The second-order valence-corrected chi connectivity index (χ2v) is 5.41. The lowest BCUT2D eigenvalue weighted by Gasteiger charge is -2.26. The van der Waals surface area contributed by atoms with Crippen molar-refractivity contribution >= 4 is 11.8 Å². The Morgan fingerprint density at radius 1 is 1.55 bits per heavy atom. The van der Waals surface area contributed by atoms with Gasteiger partial charge in [-0.05, 0) is 25.7 Å². The largest absolute Gasteiger partial charge is 0.448 e. The van der Waals surface area contributed by atoms with Crippen LogP contribution >= 0.6 is 0 Å². The fraction of sp³-hybridized carbons (Fsp3) is 0.643. The first kappa shape index (κ1) is 13.1. The topological polar surface area (TPSA) is 75.4 Å². The molecule has 0 bridgehead atoms. The average Bonchev–Trinajstić information content (AvgIpc) is 3.21. The van der Waals surface area contributed by atoms with Gasteiger partial charge in [-0.3, -0.25) is 9.59 Å². The maximum absolute atomic E-state index is 12.5. The third-order valence-electron chi connectivity index (χ3n) is 3.87. The van der Waals surface area contributed by atoms with E-state index in [0.717, 1.165) is 19.3 Å². The van der Waals surface area contributed by atoms with E-state index in [2.05, 4.69) is 10.3 Å². The molecule has 0 aromatic carbocycles. The van der Waals surface area contributed by atoms with Crippen LogP contribution < -0.4 is 5.32 Å². The monoisotopic (exact) mass is 277 g/mol. The highest BCUT2D eigenvalue weighted by atomic mass is 16.3. The predicted molar refractivity (Wildman–Crippen MR) is 71.2 cm³/mol. The van der Waals surface area contributed by atoms with Crippen LogP contribution in [0.2, 0.25) is 0 Å². The Morgan fingerprint density at radius 2 is 2.35 bits per heavy atom. The molecule has 1 aromatic rings. The highest BCUT2D eigenvalue weighted by Crippen LogP contribution is 2.39. The van der Waals surface area contributed by atoms with E-state index in [1.54, 1.807) is 4.90 Å². The van der Waals surface area contributed by atoms with Crippen molar-refractivity contribution in [2.75, 3.05) is 13.1 Å². The molecule has 1 aromatic heterocycles. The van der Waals surface area contributed by atoms with Gasteiger partial charge in [0.2, 0.25) is 5.91 Å².